The van der Waals surface area contributed by atoms with Gasteiger partial charge in [-0.1, -0.05) is 30.3 Å². The van der Waals surface area contributed by atoms with Crippen LogP contribution in [-0.4, -0.2) is 17.5 Å². The number of ether oxygens (including phenoxy) is 1. The van der Waals surface area contributed by atoms with E-state index in [-0.39, 0.29) is 12.5 Å². The number of halogens is 1. The molecular weight excluding hydrogens is 356 g/mol. The minimum Gasteiger partial charge on any atom is -0.481 e. The summed E-state index contributed by atoms with van der Waals surface area (Å²) in [6.07, 6.45) is 0. The number of carbonyl (C=O) groups is 1. The van der Waals surface area contributed by atoms with E-state index in [1.54, 1.807) is 0 Å². The molecule has 1 heterocycles. The van der Waals surface area contributed by atoms with Gasteiger partial charge in [0.1, 0.15) is 11.3 Å². The highest BCUT2D eigenvalue weighted by atomic mass is 79.9. The maximum absolute atomic E-state index is 12.1. The number of aryl methyl sites for hydroxylation is 1. The van der Waals surface area contributed by atoms with Crippen molar-refractivity contribution >= 4 is 38.4 Å². The third-order valence-electron chi connectivity index (χ3n) is 3.33. The molecule has 0 spiro atoms. The highest BCUT2D eigenvalue weighted by Gasteiger charge is 2.08. The number of amides is 1. The van der Waals surface area contributed by atoms with Gasteiger partial charge in [0, 0.05) is 15.6 Å². The van der Waals surface area contributed by atoms with E-state index in [2.05, 4.69) is 26.2 Å². The second-order valence-corrected chi connectivity index (χ2v) is 5.95. The Hall–Kier alpha value is -2.40. The van der Waals surface area contributed by atoms with Gasteiger partial charge in [0.2, 0.25) is 0 Å². The maximum atomic E-state index is 12.1. The lowest BCUT2D eigenvalue weighted by atomic mass is 10.2. The first-order valence-electron chi connectivity index (χ1n) is 7.17. The zero-order valence-corrected chi connectivity index (χ0v) is 14.1. The van der Waals surface area contributed by atoms with Crippen molar-refractivity contribution in [1.82, 2.24) is 4.98 Å². The number of para-hydroxylation sites is 2. The van der Waals surface area contributed by atoms with Crippen LogP contribution in [0.1, 0.15) is 5.69 Å². The van der Waals surface area contributed by atoms with E-state index in [4.69, 9.17) is 4.74 Å². The Bertz CT molecular complexity index is 865. The SMILES string of the molecule is Cc1ccc2cccc(OCC(=O)Nc3ccccc3Br)c2n1. The van der Waals surface area contributed by atoms with E-state index in [1.165, 1.54) is 0 Å². The van der Waals surface area contributed by atoms with E-state index in [0.717, 1.165) is 21.1 Å². The number of anilines is 1. The number of benzene rings is 2. The van der Waals surface area contributed by atoms with Crippen LogP contribution in [-0.2, 0) is 4.79 Å². The molecule has 0 radical (unpaired) electrons. The molecule has 1 aromatic heterocycles. The molecule has 4 nitrogen and oxygen atoms in total. The van der Waals surface area contributed by atoms with Crippen LogP contribution in [0.4, 0.5) is 5.69 Å². The molecule has 0 aliphatic carbocycles. The van der Waals surface area contributed by atoms with Crippen molar-refractivity contribution in [2.24, 2.45) is 0 Å². The quantitative estimate of drug-likeness (QED) is 0.743. The van der Waals surface area contributed by atoms with Crippen molar-refractivity contribution in [3.05, 3.63) is 64.8 Å². The van der Waals surface area contributed by atoms with Crippen LogP contribution in [0, 0.1) is 6.92 Å². The molecule has 1 amide bonds. The van der Waals surface area contributed by atoms with Crippen LogP contribution in [0.2, 0.25) is 0 Å². The van der Waals surface area contributed by atoms with Crippen LogP contribution in [0.3, 0.4) is 0 Å². The minimum atomic E-state index is -0.221. The topological polar surface area (TPSA) is 51.2 Å². The Morgan fingerprint density at radius 3 is 2.78 bits per heavy atom. The van der Waals surface area contributed by atoms with Crippen molar-refractivity contribution in [2.45, 2.75) is 6.92 Å². The first-order valence-corrected chi connectivity index (χ1v) is 7.96. The van der Waals surface area contributed by atoms with Gasteiger partial charge in [0.15, 0.2) is 6.61 Å². The maximum Gasteiger partial charge on any atom is 0.262 e. The molecule has 0 aliphatic rings. The second-order valence-electron chi connectivity index (χ2n) is 5.10. The molecule has 0 saturated carbocycles. The Labute approximate surface area is 142 Å². The Morgan fingerprint density at radius 1 is 1.13 bits per heavy atom. The Morgan fingerprint density at radius 2 is 1.96 bits per heavy atom. The standard InChI is InChI=1S/C18H15BrN2O2/c1-12-9-10-13-5-4-8-16(18(13)20-12)23-11-17(22)21-15-7-3-2-6-14(15)19/h2-10H,11H2,1H3,(H,21,22). The van der Waals surface area contributed by atoms with Crippen molar-refractivity contribution in [3.8, 4) is 5.75 Å². The second kappa shape index (κ2) is 6.79. The summed E-state index contributed by atoms with van der Waals surface area (Å²) in [5.74, 6) is 0.384. The largest absolute Gasteiger partial charge is 0.481 e. The summed E-state index contributed by atoms with van der Waals surface area (Å²) in [7, 11) is 0. The molecule has 5 heteroatoms. The molecular formula is C18H15BrN2O2. The lowest BCUT2D eigenvalue weighted by molar-refractivity contribution is -0.118. The van der Waals surface area contributed by atoms with E-state index in [9.17, 15) is 4.79 Å². The number of hydrogen-bond donors (Lipinski definition) is 1. The van der Waals surface area contributed by atoms with Crippen molar-refractivity contribution in [3.63, 3.8) is 0 Å². The molecule has 0 aliphatic heterocycles. The highest BCUT2D eigenvalue weighted by molar-refractivity contribution is 9.10. The molecule has 3 aromatic rings. The van der Waals surface area contributed by atoms with E-state index in [0.29, 0.717) is 11.4 Å². The molecule has 0 saturated heterocycles. The van der Waals surface area contributed by atoms with Crippen molar-refractivity contribution in [1.29, 1.82) is 0 Å². The van der Waals surface area contributed by atoms with Gasteiger partial charge in [0.05, 0.1) is 5.69 Å². The minimum absolute atomic E-state index is 0.0733. The van der Waals surface area contributed by atoms with E-state index >= 15 is 0 Å². The first-order chi connectivity index (χ1) is 11.1. The van der Waals surface area contributed by atoms with E-state index < -0.39 is 0 Å². The molecule has 1 N–H and O–H groups in total. The van der Waals surface area contributed by atoms with Crippen LogP contribution in [0.5, 0.6) is 5.75 Å². The van der Waals surface area contributed by atoms with Gasteiger partial charge in [-0.25, -0.2) is 4.98 Å². The van der Waals surface area contributed by atoms with Crippen LogP contribution >= 0.6 is 15.9 Å². The fraction of sp³-hybridized carbons (Fsp3) is 0.111. The summed E-state index contributed by atoms with van der Waals surface area (Å²) in [4.78, 5) is 16.6. The molecule has 2 aromatic carbocycles. The molecule has 3 rings (SSSR count). The molecule has 23 heavy (non-hydrogen) atoms. The number of hydrogen-bond acceptors (Lipinski definition) is 3. The molecule has 116 valence electrons. The summed E-state index contributed by atoms with van der Waals surface area (Å²) >= 11 is 3.40. The Kier molecular flexibility index (Phi) is 4.57. The third-order valence-corrected chi connectivity index (χ3v) is 4.02. The normalized spacial score (nSPS) is 10.5. The van der Waals surface area contributed by atoms with Gasteiger partial charge in [0.25, 0.3) is 5.91 Å². The summed E-state index contributed by atoms with van der Waals surface area (Å²) in [6, 6.07) is 17.1. The Balaban J connectivity index is 1.72. The summed E-state index contributed by atoms with van der Waals surface area (Å²) < 4.78 is 6.49. The van der Waals surface area contributed by atoms with Gasteiger partial charge in [-0.15, -0.1) is 0 Å². The molecule has 0 bridgehead atoms. The van der Waals surface area contributed by atoms with Crippen LogP contribution in [0.25, 0.3) is 10.9 Å². The van der Waals surface area contributed by atoms with Crippen LogP contribution in [0.15, 0.2) is 59.1 Å². The van der Waals surface area contributed by atoms with E-state index in [1.807, 2.05) is 61.5 Å². The number of carbonyl (C=O) groups excluding carboxylic acids is 1. The zero-order valence-electron chi connectivity index (χ0n) is 12.5. The average Bonchev–Trinajstić information content (AvgIpc) is 2.55. The fourth-order valence-corrected chi connectivity index (χ4v) is 2.61. The number of aromatic nitrogens is 1. The molecule has 0 unspecified atom stereocenters. The number of pyridine rings is 1. The molecule has 0 fully saturated rings. The summed E-state index contributed by atoms with van der Waals surface area (Å²) in [5.41, 5.74) is 2.39. The summed E-state index contributed by atoms with van der Waals surface area (Å²) in [5, 5.41) is 3.79. The lowest BCUT2D eigenvalue weighted by Crippen LogP contribution is -2.20. The van der Waals surface area contributed by atoms with Crippen LogP contribution < -0.4 is 10.1 Å². The monoisotopic (exact) mass is 370 g/mol. The first kappa shape index (κ1) is 15.5. The van der Waals surface area contributed by atoms with Gasteiger partial charge >= 0.3 is 0 Å². The number of nitrogens with zero attached hydrogens (tertiary/aromatic N) is 1. The third kappa shape index (κ3) is 3.68. The fourth-order valence-electron chi connectivity index (χ4n) is 2.23. The van der Waals surface area contributed by atoms with Gasteiger partial charge < -0.3 is 10.1 Å². The van der Waals surface area contributed by atoms with Crippen molar-refractivity contribution in [2.75, 3.05) is 11.9 Å². The van der Waals surface area contributed by atoms with Gasteiger partial charge in [-0.2, -0.15) is 0 Å². The summed E-state index contributed by atoms with van der Waals surface area (Å²) in [6.45, 7) is 1.85. The predicted molar refractivity (Wildman–Crippen MR) is 94.7 cm³/mol. The predicted octanol–water partition coefficient (Wildman–Crippen LogP) is 4.32. The number of nitrogens with one attached hydrogen (secondary N) is 1. The average molecular weight is 371 g/mol. The van der Waals surface area contributed by atoms with Gasteiger partial charge in [-0.3, -0.25) is 4.79 Å². The van der Waals surface area contributed by atoms with Crippen molar-refractivity contribution < 1.29 is 9.53 Å². The lowest BCUT2D eigenvalue weighted by Gasteiger charge is -2.10. The highest BCUT2D eigenvalue weighted by Crippen LogP contribution is 2.24. The zero-order chi connectivity index (χ0) is 16.2. The van der Waals surface area contributed by atoms with Gasteiger partial charge in [-0.05, 0) is 47.1 Å². The molecule has 0 atom stereocenters. The smallest absolute Gasteiger partial charge is 0.262 e. The number of rotatable bonds is 4. The number of fused-ring (bicyclic) bond motifs is 1.